The number of aromatic nitrogens is 1. The van der Waals surface area contributed by atoms with Crippen LogP contribution in [0.1, 0.15) is 12.8 Å². The van der Waals surface area contributed by atoms with Crippen LogP contribution in [0.3, 0.4) is 0 Å². The number of nitrogens with zero attached hydrogens (tertiary/aromatic N) is 2. The van der Waals surface area contributed by atoms with E-state index in [1.165, 1.54) is 0 Å². The van der Waals surface area contributed by atoms with Crippen molar-refractivity contribution in [3.05, 3.63) is 10.5 Å². The summed E-state index contributed by atoms with van der Waals surface area (Å²) in [6, 6.07) is 0. The third-order valence-corrected chi connectivity index (χ3v) is 3.94. The van der Waals surface area contributed by atoms with Gasteiger partial charge in [0.05, 0.1) is 0 Å². The minimum atomic E-state index is 0.592. The van der Waals surface area contributed by atoms with Gasteiger partial charge in [-0.2, -0.15) is 0 Å². The number of rotatable bonds is 3. The number of ether oxygens (including phenoxy) is 1. The van der Waals surface area contributed by atoms with E-state index in [2.05, 4.69) is 16.9 Å². The molecule has 0 amide bonds. The molecule has 1 fully saturated rings. The highest BCUT2D eigenvalue weighted by molar-refractivity contribution is 7.14. The van der Waals surface area contributed by atoms with Gasteiger partial charge in [-0.3, -0.25) is 0 Å². The SMILES string of the molecule is CN(CC1CCOCC1)c1nc(Cl)cs1. The minimum Gasteiger partial charge on any atom is -0.381 e. The zero-order valence-corrected chi connectivity index (χ0v) is 10.4. The van der Waals surface area contributed by atoms with Crippen LogP contribution >= 0.6 is 22.9 Å². The van der Waals surface area contributed by atoms with Gasteiger partial charge in [-0.25, -0.2) is 4.98 Å². The topological polar surface area (TPSA) is 25.4 Å². The van der Waals surface area contributed by atoms with Crippen molar-refractivity contribution in [3.8, 4) is 0 Å². The third-order valence-electron chi connectivity index (χ3n) is 2.66. The van der Waals surface area contributed by atoms with Gasteiger partial charge in [-0.05, 0) is 18.8 Å². The normalized spacial score (nSPS) is 18.0. The van der Waals surface area contributed by atoms with Crippen molar-refractivity contribution in [2.24, 2.45) is 5.92 Å². The molecule has 0 N–H and O–H groups in total. The highest BCUT2D eigenvalue weighted by Gasteiger charge is 2.17. The van der Waals surface area contributed by atoms with Crippen molar-refractivity contribution in [2.45, 2.75) is 12.8 Å². The average molecular weight is 247 g/mol. The molecule has 3 nitrogen and oxygen atoms in total. The summed E-state index contributed by atoms with van der Waals surface area (Å²) >= 11 is 7.40. The van der Waals surface area contributed by atoms with E-state index in [0.29, 0.717) is 5.15 Å². The van der Waals surface area contributed by atoms with Crippen molar-refractivity contribution in [1.29, 1.82) is 0 Å². The van der Waals surface area contributed by atoms with Gasteiger partial charge in [-0.15, -0.1) is 11.3 Å². The molecule has 84 valence electrons. The summed E-state index contributed by atoms with van der Waals surface area (Å²) in [5.41, 5.74) is 0. The number of anilines is 1. The van der Waals surface area contributed by atoms with Crippen LogP contribution in [0.2, 0.25) is 5.15 Å². The molecule has 0 atom stereocenters. The first kappa shape index (κ1) is 11.2. The number of thiazole rings is 1. The highest BCUT2D eigenvalue weighted by Crippen LogP contribution is 2.24. The van der Waals surface area contributed by atoms with Crippen molar-refractivity contribution in [2.75, 3.05) is 31.7 Å². The Labute approximate surface area is 99.0 Å². The first-order chi connectivity index (χ1) is 7.25. The van der Waals surface area contributed by atoms with Crippen LogP contribution < -0.4 is 4.90 Å². The molecule has 1 aliphatic heterocycles. The molecule has 0 saturated carbocycles. The quantitative estimate of drug-likeness (QED) is 0.820. The number of hydrogen-bond donors (Lipinski definition) is 0. The smallest absolute Gasteiger partial charge is 0.186 e. The van der Waals surface area contributed by atoms with Gasteiger partial charge < -0.3 is 9.64 Å². The first-order valence-corrected chi connectivity index (χ1v) is 6.41. The van der Waals surface area contributed by atoms with E-state index < -0.39 is 0 Å². The van der Waals surface area contributed by atoms with Gasteiger partial charge in [0.1, 0.15) is 5.15 Å². The van der Waals surface area contributed by atoms with Crippen LogP contribution in [-0.2, 0) is 4.74 Å². The summed E-state index contributed by atoms with van der Waals surface area (Å²) in [5.74, 6) is 0.728. The zero-order chi connectivity index (χ0) is 10.7. The Morgan fingerprint density at radius 2 is 2.33 bits per heavy atom. The lowest BCUT2D eigenvalue weighted by Gasteiger charge is -2.26. The van der Waals surface area contributed by atoms with E-state index in [1.54, 1.807) is 11.3 Å². The molecule has 1 aliphatic rings. The largest absolute Gasteiger partial charge is 0.381 e. The fourth-order valence-corrected chi connectivity index (χ4v) is 2.74. The Kier molecular flexibility index (Phi) is 3.83. The number of halogens is 1. The van der Waals surface area contributed by atoms with E-state index in [-0.39, 0.29) is 0 Å². The van der Waals surface area contributed by atoms with Crippen LogP contribution in [0.15, 0.2) is 5.38 Å². The van der Waals surface area contributed by atoms with Gasteiger partial charge in [0.25, 0.3) is 0 Å². The van der Waals surface area contributed by atoms with Gasteiger partial charge in [0, 0.05) is 32.2 Å². The first-order valence-electron chi connectivity index (χ1n) is 5.15. The van der Waals surface area contributed by atoms with Crippen LogP contribution in [0, 0.1) is 5.92 Å². The Bertz CT molecular complexity index is 312. The Morgan fingerprint density at radius 3 is 2.93 bits per heavy atom. The summed E-state index contributed by atoms with van der Waals surface area (Å²) in [7, 11) is 2.07. The van der Waals surface area contributed by atoms with Crippen molar-refractivity contribution >= 4 is 28.1 Å². The maximum atomic E-state index is 5.80. The molecule has 1 aromatic rings. The highest BCUT2D eigenvalue weighted by atomic mass is 35.5. The zero-order valence-electron chi connectivity index (χ0n) is 8.78. The van der Waals surface area contributed by atoms with E-state index in [1.807, 2.05) is 5.38 Å². The molecule has 0 aliphatic carbocycles. The van der Waals surface area contributed by atoms with Crippen molar-refractivity contribution in [1.82, 2.24) is 4.98 Å². The van der Waals surface area contributed by atoms with Crippen molar-refractivity contribution < 1.29 is 4.74 Å². The monoisotopic (exact) mass is 246 g/mol. The maximum Gasteiger partial charge on any atom is 0.186 e. The third kappa shape index (κ3) is 3.06. The van der Waals surface area contributed by atoms with Crippen molar-refractivity contribution in [3.63, 3.8) is 0 Å². The van der Waals surface area contributed by atoms with E-state index in [4.69, 9.17) is 16.3 Å². The molecule has 0 radical (unpaired) electrons. The molecule has 2 rings (SSSR count). The van der Waals surface area contributed by atoms with Gasteiger partial charge in [0.2, 0.25) is 0 Å². The van der Waals surface area contributed by atoms with Gasteiger partial charge >= 0.3 is 0 Å². The predicted octanol–water partition coefficient (Wildman–Crippen LogP) is 2.66. The Hall–Kier alpha value is -0.320. The summed E-state index contributed by atoms with van der Waals surface area (Å²) in [4.78, 5) is 6.44. The second kappa shape index (κ2) is 5.14. The molecule has 1 saturated heterocycles. The summed E-state index contributed by atoms with van der Waals surface area (Å²) in [6.07, 6.45) is 2.31. The lowest BCUT2D eigenvalue weighted by atomic mass is 10.0. The molecule has 0 bridgehead atoms. The van der Waals surface area contributed by atoms with Crippen LogP contribution in [0.5, 0.6) is 0 Å². The maximum absolute atomic E-state index is 5.80. The summed E-state index contributed by atoms with van der Waals surface area (Å²) in [6.45, 7) is 2.85. The molecular weight excluding hydrogens is 232 g/mol. The van der Waals surface area contributed by atoms with Gasteiger partial charge in [0.15, 0.2) is 5.13 Å². The standard InChI is InChI=1S/C10H15ClN2OS/c1-13(10-12-9(11)7-15-10)6-8-2-4-14-5-3-8/h7-8H,2-6H2,1H3. The van der Waals surface area contributed by atoms with Crippen LogP contribution in [0.25, 0.3) is 0 Å². The minimum absolute atomic E-state index is 0.592. The summed E-state index contributed by atoms with van der Waals surface area (Å²) in [5, 5.41) is 3.47. The van der Waals surface area contributed by atoms with E-state index in [9.17, 15) is 0 Å². The van der Waals surface area contributed by atoms with Crippen LogP contribution in [0.4, 0.5) is 5.13 Å². The van der Waals surface area contributed by atoms with E-state index in [0.717, 1.165) is 43.6 Å². The Morgan fingerprint density at radius 1 is 1.60 bits per heavy atom. The molecule has 0 aromatic carbocycles. The lowest BCUT2D eigenvalue weighted by molar-refractivity contribution is 0.0685. The summed E-state index contributed by atoms with van der Waals surface area (Å²) < 4.78 is 5.34. The average Bonchev–Trinajstić information content (AvgIpc) is 2.66. The number of hydrogen-bond acceptors (Lipinski definition) is 4. The lowest BCUT2D eigenvalue weighted by Crippen LogP contribution is -2.29. The predicted molar refractivity (Wildman–Crippen MR) is 63.9 cm³/mol. The van der Waals surface area contributed by atoms with E-state index >= 15 is 0 Å². The molecular formula is C10H15ClN2OS. The molecule has 1 aromatic heterocycles. The molecule has 2 heterocycles. The fraction of sp³-hybridized carbons (Fsp3) is 0.700. The van der Waals surface area contributed by atoms with Gasteiger partial charge in [-0.1, -0.05) is 11.6 Å². The second-order valence-corrected chi connectivity index (χ2v) is 5.11. The molecule has 0 spiro atoms. The fourth-order valence-electron chi connectivity index (χ4n) is 1.82. The second-order valence-electron chi connectivity index (χ2n) is 3.89. The molecule has 15 heavy (non-hydrogen) atoms. The molecule has 0 unspecified atom stereocenters. The Balaban J connectivity index is 1.88. The molecule has 5 heteroatoms. The van der Waals surface area contributed by atoms with Crippen LogP contribution in [-0.4, -0.2) is 31.8 Å².